The van der Waals surface area contributed by atoms with Gasteiger partial charge in [0.2, 0.25) is 5.91 Å². The second kappa shape index (κ2) is 5.66. The predicted octanol–water partition coefficient (Wildman–Crippen LogP) is 1.88. The molecule has 0 saturated carbocycles. The summed E-state index contributed by atoms with van der Waals surface area (Å²) >= 11 is 0. The first-order valence-corrected chi connectivity index (χ1v) is 5.55. The maximum Gasteiger partial charge on any atom is 0.222 e. The highest BCUT2D eigenvalue weighted by atomic mass is 16.3. The molecular formula is C13H19NO2. The van der Waals surface area contributed by atoms with Crippen molar-refractivity contribution in [2.45, 2.75) is 32.9 Å². The minimum atomic E-state index is -0.663. The number of hydrogen-bond acceptors (Lipinski definition) is 2. The zero-order chi connectivity index (χ0) is 12.1. The molecular weight excluding hydrogens is 202 g/mol. The molecule has 0 aliphatic rings. The molecule has 1 aromatic rings. The maximum atomic E-state index is 11.5. The van der Waals surface area contributed by atoms with E-state index in [0.29, 0.717) is 0 Å². The number of hydrogen-bond donors (Lipinski definition) is 2. The van der Waals surface area contributed by atoms with E-state index in [1.807, 2.05) is 44.2 Å². The lowest BCUT2D eigenvalue weighted by atomic mass is 10.0. The highest BCUT2D eigenvalue weighted by Gasteiger charge is 2.19. The lowest BCUT2D eigenvalue weighted by molar-refractivity contribution is -0.125. The largest absolute Gasteiger partial charge is 0.386 e. The van der Waals surface area contributed by atoms with E-state index in [2.05, 4.69) is 5.32 Å². The third kappa shape index (κ3) is 3.35. The van der Waals surface area contributed by atoms with Gasteiger partial charge in [0, 0.05) is 5.92 Å². The predicted molar refractivity (Wildman–Crippen MR) is 63.8 cm³/mol. The van der Waals surface area contributed by atoms with Crippen molar-refractivity contribution in [2.75, 3.05) is 0 Å². The number of carbonyl (C=O) groups excluding carboxylic acids is 1. The van der Waals surface area contributed by atoms with E-state index >= 15 is 0 Å². The minimum Gasteiger partial charge on any atom is -0.386 e. The topological polar surface area (TPSA) is 49.3 Å². The van der Waals surface area contributed by atoms with E-state index in [-0.39, 0.29) is 17.9 Å². The number of carbonyl (C=O) groups is 1. The molecule has 1 aromatic carbocycles. The number of rotatable bonds is 4. The van der Waals surface area contributed by atoms with Gasteiger partial charge in [-0.25, -0.2) is 0 Å². The van der Waals surface area contributed by atoms with Crippen LogP contribution in [0.3, 0.4) is 0 Å². The van der Waals surface area contributed by atoms with Crippen LogP contribution < -0.4 is 5.32 Å². The first kappa shape index (κ1) is 12.7. The van der Waals surface area contributed by atoms with Crippen LogP contribution in [0.1, 0.15) is 32.4 Å². The Morgan fingerprint density at radius 1 is 1.19 bits per heavy atom. The van der Waals surface area contributed by atoms with Crippen molar-refractivity contribution in [1.29, 1.82) is 0 Å². The van der Waals surface area contributed by atoms with Gasteiger partial charge in [0.1, 0.15) is 0 Å². The summed E-state index contributed by atoms with van der Waals surface area (Å²) in [6.45, 7) is 5.46. The average Bonchev–Trinajstić information content (AvgIpc) is 2.28. The van der Waals surface area contributed by atoms with Crippen LogP contribution in [0.25, 0.3) is 0 Å². The Balaban J connectivity index is 2.61. The quantitative estimate of drug-likeness (QED) is 0.815. The van der Waals surface area contributed by atoms with Gasteiger partial charge in [-0.05, 0) is 12.5 Å². The summed E-state index contributed by atoms with van der Waals surface area (Å²) < 4.78 is 0. The molecule has 3 heteroatoms. The van der Waals surface area contributed by atoms with Gasteiger partial charge in [0.25, 0.3) is 0 Å². The standard InChI is InChI=1S/C13H19NO2/c1-9(2)13(16)14-10(3)12(15)11-7-5-4-6-8-11/h4-10,12,15H,1-3H3,(H,14,16)/t10?,12-/m1/s1. The molecule has 2 atom stereocenters. The molecule has 2 N–H and O–H groups in total. The van der Waals surface area contributed by atoms with Crippen LogP contribution in [0.5, 0.6) is 0 Å². The number of aliphatic hydroxyl groups is 1. The molecule has 0 saturated heterocycles. The molecule has 0 heterocycles. The normalized spacial score (nSPS) is 14.6. The Bertz CT molecular complexity index is 335. The van der Waals surface area contributed by atoms with Crippen molar-refractivity contribution >= 4 is 5.91 Å². The van der Waals surface area contributed by atoms with Gasteiger partial charge in [0.15, 0.2) is 0 Å². The van der Waals surface area contributed by atoms with Crippen LogP contribution in [-0.2, 0) is 4.79 Å². The first-order valence-electron chi connectivity index (χ1n) is 5.55. The van der Waals surface area contributed by atoms with Gasteiger partial charge in [-0.1, -0.05) is 44.2 Å². The maximum absolute atomic E-state index is 11.5. The molecule has 3 nitrogen and oxygen atoms in total. The van der Waals surface area contributed by atoms with Gasteiger partial charge >= 0.3 is 0 Å². The van der Waals surface area contributed by atoms with Crippen LogP contribution in [0.15, 0.2) is 30.3 Å². The molecule has 0 spiro atoms. The summed E-state index contributed by atoms with van der Waals surface area (Å²) in [6.07, 6.45) is -0.663. The monoisotopic (exact) mass is 221 g/mol. The van der Waals surface area contributed by atoms with Crippen LogP contribution in [-0.4, -0.2) is 17.1 Å². The van der Waals surface area contributed by atoms with Gasteiger partial charge in [-0.15, -0.1) is 0 Å². The smallest absolute Gasteiger partial charge is 0.222 e. The number of nitrogens with one attached hydrogen (secondary N) is 1. The van der Waals surface area contributed by atoms with E-state index in [1.54, 1.807) is 6.92 Å². The Morgan fingerprint density at radius 3 is 2.25 bits per heavy atom. The second-order valence-electron chi connectivity index (χ2n) is 4.31. The molecule has 1 rings (SSSR count). The van der Waals surface area contributed by atoms with Crippen LogP contribution in [0.4, 0.5) is 0 Å². The van der Waals surface area contributed by atoms with Crippen molar-refractivity contribution in [3.8, 4) is 0 Å². The Kier molecular flexibility index (Phi) is 4.50. The van der Waals surface area contributed by atoms with Crippen LogP contribution in [0.2, 0.25) is 0 Å². The Hall–Kier alpha value is -1.35. The molecule has 0 aliphatic carbocycles. The Morgan fingerprint density at radius 2 is 1.75 bits per heavy atom. The summed E-state index contributed by atoms with van der Waals surface area (Å²) in [6, 6.07) is 9.06. The zero-order valence-electron chi connectivity index (χ0n) is 9.97. The molecule has 1 unspecified atom stereocenters. The summed E-state index contributed by atoms with van der Waals surface area (Å²) in [4.78, 5) is 11.5. The highest BCUT2D eigenvalue weighted by molar-refractivity contribution is 5.78. The number of amides is 1. The lowest BCUT2D eigenvalue weighted by Gasteiger charge is -2.21. The SMILES string of the molecule is CC(C)C(=O)NC(C)[C@@H](O)c1ccccc1. The van der Waals surface area contributed by atoms with Crippen molar-refractivity contribution in [3.05, 3.63) is 35.9 Å². The zero-order valence-corrected chi connectivity index (χ0v) is 9.97. The number of benzene rings is 1. The van der Waals surface area contributed by atoms with Crippen molar-refractivity contribution in [2.24, 2.45) is 5.92 Å². The molecule has 0 fully saturated rings. The van der Waals surface area contributed by atoms with Crippen molar-refractivity contribution < 1.29 is 9.90 Å². The average molecular weight is 221 g/mol. The lowest BCUT2D eigenvalue weighted by Crippen LogP contribution is -2.39. The van der Waals surface area contributed by atoms with Gasteiger partial charge < -0.3 is 10.4 Å². The summed E-state index contributed by atoms with van der Waals surface area (Å²) in [5, 5.41) is 12.8. The summed E-state index contributed by atoms with van der Waals surface area (Å²) in [7, 11) is 0. The minimum absolute atomic E-state index is 0.0394. The molecule has 0 aromatic heterocycles. The Labute approximate surface area is 96.5 Å². The van der Waals surface area contributed by atoms with E-state index in [9.17, 15) is 9.90 Å². The van der Waals surface area contributed by atoms with E-state index < -0.39 is 6.10 Å². The molecule has 88 valence electrons. The second-order valence-corrected chi connectivity index (χ2v) is 4.31. The molecule has 0 radical (unpaired) electrons. The fourth-order valence-corrected chi connectivity index (χ4v) is 1.41. The van der Waals surface area contributed by atoms with Gasteiger partial charge in [-0.3, -0.25) is 4.79 Å². The van der Waals surface area contributed by atoms with Gasteiger partial charge in [0.05, 0.1) is 12.1 Å². The molecule has 0 bridgehead atoms. The van der Waals surface area contributed by atoms with Gasteiger partial charge in [-0.2, -0.15) is 0 Å². The highest BCUT2D eigenvalue weighted by Crippen LogP contribution is 2.16. The van der Waals surface area contributed by atoms with Crippen molar-refractivity contribution in [3.63, 3.8) is 0 Å². The fraction of sp³-hybridized carbons (Fsp3) is 0.462. The summed E-state index contributed by atoms with van der Waals surface area (Å²) in [5.74, 6) is -0.104. The van der Waals surface area contributed by atoms with Crippen LogP contribution >= 0.6 is 0 Å². The van der Waals surface area contributed by atoms with Crippen LogP contribution in [0, 0.1) is 5.92 Å². The van der Waals surface area contributed by atoms with E-state index in [4.69, 9.17) is 0 Å². The summed E-state index contributed by atoms with van der Waals surface area (Å²) in [5.41, 5.74) is 0.819. The first-order chi connectivity index (χ1) is 7.52. The van der Waals surface area contributed by atoms with E-state index in [1.165, 1.54) is 0 Å². The third-order valence-corrected chi connectivity index (χ3v) is 2.51. The fourth-order valence-electron chi connectivity index (χ4n) is 1.41. The third-order valence-electron chi connectivity index (χ3n) is 2.51. The molecule has 0 aliphatic heterocycles. The number of aliphatic hydroxyl groups excluding tert-OH is 1. The molecule has 1 amide bonds. The van der Waals surface area contributed by atoms with Crippen molar-refractivity contribution in [1.82, 2.24) is 5.32 Å². The molecule has 16 heavy (non-hydrogen) atoms. The van der Waals surface area contributed by atoms with E-state index in [0.717, 1.165) is 5.56 Å².